The fourth-order valence-corrected chi connectivity index (χ4v) is 5.03. The average molecular weight is 415 g/mol. The van der Waals surface area contributed by atoms with Crippen LogP contribution in [0.25, 0.3) is 11.3 Å². The molecule has 5 nitrogen and oxygen atoms in total. The predicted molar refractivity (Wildman–Crippen MR) is 111 cm³/mol. The van der Waals surface area contributed by atoms with Crippen LogP contribution in [0.3, 0.4) is 0 Å². The van der Waals surface area contributed by atoms with Gasteiger partial charge >= 0.3 is 0 Å². The topological polar surface area (TPSA) is 85.3 Å². The summed E-state index contributed by atoms with van der Waals surface area (Å²) in [7, 11) is 0. The number of rotatable bonds is 4. The highest BCUT2D eigenvalue weighted by atomic mass is 35.5. The molecule has 1 aliphatic carbocycles. The summed E-state index contributed by atoms with van der Waals surface area (Å²) in [5.41, 5.74) is 7.84. The Labute approximate surface area is 171 Å². The van der Waals surface area contributed by atoms with Crippen LogP contribution >= 0.6 is 22.9 Å². The predicted octanol–water partition coefficient (Wildman–Crippen LogP) is 5.14. The fourth-order valence-electron chi connectivity index (χ4n) is 3.49. The Balaban J connectivity index is 1.59. The van der Waals surface area contributed by atoms with Crippen LogP contribution in [0.2, 0.25) is 5.02 Å². The van der Waals surface area contributed by atoms with E-state index in [9.17, 15) is 9.59 Å². The van der Waals surface area contributed by atoms with E-state index in [2.05, 4.69) is 12.2 Å². The Morgan fingerprint density at radius 3 is 2.68 bits per heavy atom. The van der Waals surface area contributed by atoms with Crippen LogP contribution in [0, 0.1) is 5.92 Å². The van der Waals surface area contributed by atoms with Crippen molar-refractivity contribution >= 4 is 39.8 Å². The molecule has 0 saturated carbocycles. The maximum absolute atomic E-state index is 12.7. The van der Waals surface area contributed by atoms with Gasteiger partial charge in [0.05, 0.1) is 5.56 Å². The van der Waals surface area contributed by atoms with E-state index in [4.69, 9.17) is 21.8 Å². The number of amides is 2. The van der Waals surface area contributed by atoms with Gasteiger partial charge in [0, 0.05) is 15.5 Å². The molecular formula is C21H19ClN2O3S. The van der Waals surface area contributed by atoms with Gasteiger partial charge in [-0.25, -0.2) is 0 Å². The lowest BCUT2D eigenvalue weighted by Gasteiger charge is -2.18. The zero-order valence-corrected chi connectivity index (χ0v) is 16.8. The summed E-state index contributed by atoms with van der Waals surface area (Å²) >= 11 is 7.34. The third kappa shape index (κ3) is 3.57. The number of halogens is 1. The third-order valence-corrected chi connectivity index (χ3v) is 6.37. The summed E-state index contributed by atoms with van der Waals surface area (Å²) in [6.07, 6.45) is 2.72. The molecule has 3 aromatic rings. The number of carbonyl (C=O) groups excluding carboxylic acids is 2. The van der Waals surface area contributed by atoms with Crippen molar-refractivity contribution in [3.63, 3.8) is 0 Å². The van der Waals surface area contributed by atoms with E-state index in [0.717, 1.165) is 35.3 Å². The molecule has 0 spiro atoms. The van der Waals surface area contributed by atoms with E-state index < -0.39 is 11.8 Å². The van der Waals surface area contributed by atoms with Gasteiger partial charge in [-0.2, -0.15) is 0 Å². The molecule has 28 heavy (non-hydrogen) atoms. The summed E-state index contributed by atoms with van der Waals surface area (Å²) in [6.45, 7) is 2.19. The van der Waals surface area contributed by atoms with Crippen molar-refractivity contribution in [1.82, 2.24) is 0 Å². The molecule has 2 heterocycles. The van der Waals surface area contributed by atoms with Crippen molar-refractivity contribution in [2.45, 2.75) is 26.2 Å². The van der Waals surface area contributed by atoms with Gasteiger partial charge in [0.15, 0.2) is 5.76 Å². The van der Waals surface area contributed by atoms with Crippen LogP contribution < -0.4 is 11.1 Å². The van der Waals surface area contributed by atoms with Crippen molar-refractivity contribution in [3.8, 4) is 11.3 Å². The Bertz CT molecular complexity index is 1050. The summed E-state index contributed by atoms with van der Waals surface area (Å²) in [5, 5.41) is 3.95. The second-order valence-electron chi connectivity index (χ2n) is 7.05. The normalized spacial score (nSPS) is 15.9. The van der Waals surface area contributed by atoms with Crippen LogP contribution in [0.5, 0.6) is 0 Å². The van der Waals surface area contributed by atoms with Crippen molar-refractivity contribution < 1.29 is 14.0 Å². The molecule has 0 unspecified atom stereocenters. The van der Waals surface area contributed by atoms with Crippen molar-refractivity contribution in [1.29, 1.82) is 0 Å². The summed E-state index contributed by atoms with van der Waals surface area (Å²) in [6, 6.07) is 10.5. The highest BCUT2D eigenvalue weighted by molar-refractivity contribution is 7.17. The van der Waals surface area contributed by atoms with Crippen LogP contribution in [-0.4, -0.2) is 11.8 Å². The largest absolute Gasteiger partial charge is 0.451 e. The maximum atomic E-state index is 12.7. The molecule has 4 rings (SSSR count). The molecule has 2 aromatic heterocycles. The number of fused-ring (bicyclic) bond motifs is 1. The second kappa shape index (κ2) is 7.45. The van der Waals surface area contributed by atoms with E-state index in [0.29, 0.717) is 27.3 Å². The van der Waals surface area contributed by atoms with E-state index in [-0.39, 0.29) is 5.76 Å². The van der Waals surface area contributed by atoms with Crippen LogP contribution in [0.4, 0.5) is 5.00 Å². The molecule has 144 valence electrons. The van der Waals surface area contributed by atoms with Gasteiger partial charge in [-0.3, -0.25) is 9.59 Å². The first-order valence-electron chi connectivity index (χ1n) is 9.04. The van der Waals surface area contributed by atoms with Crippen LogP contribution in [0.15, 0.2) is 40.8 Å². The van der Waals surface area contributed by atoms with E-state index in [1.54, 1.807) is 24.3 Å². The number of nitrogens with one attached hydrogen (secondary N) is 1. The second-order valence-corrected chi connectivity index (χ2v) is 8.59. The smallest absolute Gasteiger partial charge is 0.292 e. The fraction of sp³-hybridized carbons (Fsp3) is 0.238. The molecule has 0 radical (unpaired) electrons. The molecule has 0 fully saturated rings. The number of anilines is 1. The Morgan fingerprint density at radius 2 is 1.96 bits per heavy atom. The number of hydrogen-bond acceptors (Lipinski definition) is 4. The molecule has 7 heteroatoms. The summed E-state index contributed by atoms with van der Waals surface area (Å²) in [4.78, 5) is 25.8. The monoisotopic (exact) mass is 414 g/mol. The maximum Gasteiger partial charge on any atom is 0.292 e. The minimum atomic E-state index is -0.511. The molecule has 1 atom stereocenters. The molecule has 1 aromatic carbocycles. The Kier molecular flexibility index (Phi) is 5.00. The first kappa shape index (κ1) is 18.8. The van der Waals surface area contributed by atoms with E-state index >= 15 is 0 Å². The molecule has 0 bridgehead atoms. The number of hydrogen-bond donors (Lipinski definition) is 2. The Hall–Kier alpha value is -2.57. The lowest BCUT2D eigenvalue weighted by molar-refractivity contribution is 0.0998. The first-order valence-corrected chi connectivity index (χ1v) is 10.2. The van der Waals surface area contributed by atoms with E-state index in [1.165, 1.54) is 11.3 Å². The lowest BCUT2D eigenvalue weighted by atomic mass is 9.88. The number of nitrogens with two attached hydrogens (primary N) is 1. The number of benzene rings is 1. The molecule has 0 aliphatic heterocycles. The minimum Gasteiger partial charge on any atom is -0.451 e. The molecule has 2 amide bonds. The van der Waals surface area contributed by atoms with Gasteiger partial charge in [0.1, 0.15) is 10.8 Å². The van der Waals surface area contributed by atoms with Gasteiger partial charge < -0.3 is 15.5 Å². The average Bonchev–Trinajstić information content (AvgIpc) is 3.26. The number of carbonyl (C=O) groups is 2. The minimum absolute atomic E-state index is 0.167. The zero-order valence-electron chi connectivity index (χ0n) is 15.3. The SMILES string of the molecule is C[C@@H]1CCc2c(sc(NC(=O)c3ccc(-c4ccc(Cl)cc4)o3)c2C(N)=O)C1. The van der Waals surface area contributed by atoms with Gasteiger partial charge in [-0.05, 0) is 67.1 Å². The highest BCUT2D eigenvalue weighted by Crippen LogP contribution is 2.39. The number of primary amides is 1. The highest BCUT2D eigenvalue weighted by Gasteiger charge is 2.27. The van der Waals surface area contributed by atoms with Crippen LogP contribution in [-0.2, 0) is 12.8 Å². The molecule has 3 N–H and O–H groups in total. The first-order chi connectivity index (χ1) is 13.4. The van der Waals surface area contributed by atoms with Crippen molar-refractivity contribution in [2.75, 3.05) is 5.32 Å². The molecule has 1 aliphatic rings. The quantitative estimate of drug-likeness (QED) is 0.619. The molecule has 0 saturated heterocycles. The van der Waals surface area contributed by atoms with Gasteiger partial charge in [-0.15, -0.1) is 11.3 Å². The third-order valence-electron chi connectivity index (χ3n) is 4.94. The Morgan fingerprint density at radius 1 is 1.21 bits per heavy atom. The van der Waals surface area contributed by atoms with Crippen molar-refractivity contribution in [3.05, 3.63) is 63.2 Å². The van der Waals surface area contributed by atoms with Crippen LogP contribution in [0.1, 0.15) is 44.7 Å². The number of thiophene rings is 1. The van der Waals surface area contributed by atoms with Gasteiger partial charge in [0.25, 0.3) is 11.8 Å². The lowest BCUT2D eigenvalue weighted by Crippen LogP contribution is -2.19. The van der Waals surface area contributed by atoms with E-state index in [1.807, 2.05) is 12.1 Å². The summed E-state index contributed by atoms with van der Waals surface area (Å²) in [5.74, 6) is 0.372. The standard InChI is InChI=1S/C21H19ClN2O3S/c1-11-2-7-14-17(10-11)28-21(18(14)19(23)25)24-20(26)16-9-8-15(27-16)12-3-5-13(22)6-4-12/h3-6,8-9,11H,2,7,10H2,1H3,(H2,23,25)(H,24,26)/t11-/m1/s1. The zero-order chi connectivity index (χ0) is 19.8. The summed E-state index contributed by atoms with van der Waals surface area (Å²) < 4.78 is 5.70. The van der Waals surface area contributed by atoms with Gasteiger partial charge in [-0.1, -0.05) is 18.5 Å². The van der Waals surface area contributed by atoms with Gasteiger partial charge in [0.2, 0.25) is 0 Å². The van der Waals surface area contributed by atoms with Crippen molar-refractivity contribution in [2.24, 2.45) is 11.7 Å². The number of furan rings is 1. The molecular weight excluding hydrogens is 396 g/mol.